The van der Waals surface area contributed by atoms with Crippen molar-refractivity contribution < 1.29 is 32.2 Å². The average Bonchev–Trinajstić information content (AvgIpc) is 3.68. The molecule has 0 bridgehead atoms. The van der Waals surface area contributed by atoms with Crippen LogP contribution >= 0.6 is 0 Å². The van der Waals surface area contributed by atoms with Crippen LogP contribution in [0.25, 0.3) is 22.4 Å². The van der Waals surface area contributed by atoms with Crippen LogP contribution < -0.4 is 9.64 Å². The second-order valence-corrected chi connectivity index (χ2v) is 10.7. The standard InChI is InChI=1S/C30H29F3N4O4/c1-19-2-7-25-26(34-19)35-28(41-25)37-12-10-36(11-13-37)27(39)23-14-22(21-5-3-20(17-38)4-6-21)15-24(16-23)40-18-29(8-9-29)30(31,32)33/h2-7,14-16,38H,8-13,17-18H2,1H3. The fourth-order valence-corrected chi connectivity index (χ4v) is 4.98. The summed E-state index contributed by atoms with van der Waals surface area (Å²) in [5, 5.41) is 9.38. The van der Waals surface area contributed by atoms with E-state index in [0.717, 1.165) is 16.8 Å². The van der Waals surface area contributed by atoms with Crippen LogP contribution in [0.4, 0.5) is 19.2 Å². The number of benzene rings is 2. The van der Waals surface area contributed by atoms with Crippen molar-refractivity contribution in [3.8, 4) is 16.9 Å². The number of hydrogen-bond donors (Lipinski definition) is 1. The van der Waals surface area contributed by atoms with Gasteiger partial charge in [0.2, 0.25) is 5.65 Å². The second kappa shape index (κ2) is 10.4. The number of pyridine rings is 1. The Hall–Kier alpha value is -4.12. The van der Waals surface area contributed by atoms with Crippen LogP contribution in [-0.2, 0) is 6.61 Å². The number of halogens is 3. The molecule has 8 nitrogen and oxygen atoms in total. The van der Waals surface area contributed by atoms with E-state index in [2.05, 4.69) is 9.97 Å². The van der Waals surface area contributed by atoms with Crippen LogP contribution in [0.15, 0.2) is 59.0 Å². The van der Waals surface area contributed by atoms with Crippen LogP contribution in [0.2, 0.25) is 0 Å². The van der Waals surface area contributed by atoms with Gasteiger partial charge in [0.25, 0.3) is 11.9 Å². The minimum atomic E-state index is -4.34. The molecule has 1 aliphatic heterocycles. The van der Waals surface area contributed by atoms with Gasteiger partial charge in [-0.15, -0.1) is 0 Å². The molecule has 1 amide bonds. The summed E-state index contributed by atoms with van der Waals surface area (Å²) in [4.78, 5) is 26.2. The molecule has 0 unspecified atom stereocenters. The Morgan fingerprint density at radius 1 is 1.00 bits per heavy atom. The van der Waals surface area contributed by atoms with E-state index in [0.29, 0.717) is 54.6 Å². The van der Waals surface area contributed by atoms with Crippen molar-refractivity contribution in [1.29, 1.82) is 0 Å². The summed E-state index contributed by atoms with van der Waals surface area (Å²) in [6, 6.07) is 16.1. The Bertz CT molecular complexity index is 1570. The molecule has 2 aromatic carbocycles. The van der Waals surface area contributed by atoms with Crippen LogP contribution in [0.5, 0.6) is 5.75 Å². The van der Waals surface area contributed by atoms with Crippen molar-refractivity contribution in [2.75, 3.05) is 37.7 Å². The molecule has 2 aromatic heterocycles. The minimum absolute atomic E-state index is 0.0324. The minimum Gasteiger partial charge on any atom is -0.493 e. The third kappa shape index (κ3) is 5.46. The summed E-state index contributed by atoms with van der Waals surface area (Å²) < 4.78 is 52.1. The number of amides is 1. The monoisotopic (exact) mass is 566 g/mol. The molecule has 1 N–H and O–H groups in total. The van der Waals surface area contributed by atoms with Gasteiger partial charge < -0.3 is 24.1 Å². The molecule has 214 valence electrons. The predicted octanol–water partition coefficient (Wildman–Crippen LogP) is 5.37. The SMILES string of the molecule is Cc1ccc2oc(N3CCN(C(=O)c4cc(OCC5(C(F)(F)F)CC5)cc(-c5ccc(CO)cc5)c4)CC3)nc2n1. The summed E-state index contributed by atoms with van der Waals surface area (Å²) in [6.45, 7) is 3.09. The number of aromatic nitrogens is 2. The first-order valence-corrected chi connectivity index (χ1v) is 13.5. The lowest BCUT2D eigenvalue weighted by atomic mass is 10.0. The van der Waals surface area contributed by atoms with E-state index >= 15 is 0 Å². The van der Waals surface area contributed by atoms with Gasteiger partial charge in [-0.2, -0.15) is 18.2 Å². The van der Waals surface area contributed by atoms with Gasteiger partial charge in [-0.25, -0.2) is 4.98 Å². The number of aliphatic hydroxyl groups is 1. The molecule has 0 spiro atoms. The van der Waals surface area contributed by atoms with Gasteiger partial charge in [0.15, 0.2) is 5.58 Å². The highest BCUT2D eigenvalue weighted by Crippen LogP contribution is 2.57. The molecule has 0 radical (unpaired) electrons. The van der Waals surface area contributed by atoms with E-state index in [-0.39, 0.29) is 31.1 Å². The summed E-state index contributed by atoms with van der Waals surface area (Å²) in [7, 11) is 0. The maximum atomic E-state index is 13.6. The van der Waals surface area contributed by atoms with E-state index in [1.54, 1.807) is 41.3 Å². The van der Waals surface area contributed by atoms with Crippen molar-refractivity contribution in [2.45, 2.75) is 32.5 Å². The maximum Gasteiger partial charge on any atom is 0.397 e. The Kier molecular flexibility index (Phi) is 6.85. The average molecular weight is 567 g/mol. The van der Waals surface area contributed by atoms with E-state index < -0.39 is 18.2 Å². The van der Waals surface area contributed by atoms with Gasteiger partial charge in [-0.3, -0.25) is 4.79 Å². The number of fused-ring (bicyclic) bond motifs is 1. The lowest BCUT2D eigenvalue weighted by molar-refractivity contribution is -0.194. The zero-order chi connectivity index (χ0) is 28.8. The Labute approximate surface area is 234 Å². The molecule has 1 saturated carbocycles. The van der Waals surface area contributed by atoms with Gasteiger partial charge in [0, 0.05) is 37.4 Å². The first kappa shape index (κ1) is 27.1. The number of piperazine rings is 1. The predicted molar refractivity (Wildman–Crippen MR) is 146 cm³/mol. The van der Waals surface area contributed by atoms with E-state index in [1.807, 2.05) is 24.0 Å². The molecule has 1 saturated heterocycles. The topological polar surface area (TPSA) is 91.9 Å². The molecule has 1 aliphatic carbocycles. The van der Waals surface area contributed by atoms with Gasteiger partial charge in [-0.05, 0) is 66.8 Å². The number of aliphatic hydroxyl groups excluding tert-OH is 1. The number of carbonyl (C=O) groups is 1. The third-order valence-electron chi connectivity index (χ3n) is 7.81. The second-order valence-electron chi connectivity index (χ2n) is 10.7. The zero-order valence-corrected chi connectivity index (χ0v) is 22.4. The van der Waals surface area contributed by atoms with Crippen LogP contribution in [-0.4, -0.2) is 64.8 Å². The highest BCUT2D eigenvalue weighted by molar-refractivity contribution is 5.96. The lowest BCUT2D eigenvalue weighted by Crippen LogP contribution is -2.49. The summed E-state index contributed by atoms with van der Waals surface area (Å²) in [5.74, 6) is -0.0318. The molecule has 4 aromatic rings. The number of ether oxygens (including phenoxy) is 1. The number of anilines is 1. The van der Waals surface area contributed by atoms with Crippen molar-refractivity contribution in [2.24, 2.45) is 5.41 Å². The van der Waals surface area contributed by atoms with Gasteiger partial charge in [0.1, 0.15) is 17.8 Å². The van der Waals surface area contributed by atoms with Crippen LogP contribution in [0.1, 0.15) is 34.5 Å². The first-order chi connectivity index (χ1) is 19.6. The van der Waals surface area contributed by atoms with Crippen molar-refractivity contribution >= 4 is 23.2 Å². The summed E-state index contributed by atoms with van der Waals surface area (Å²) >= 11 is 0. The molecular formula is C30H29F3N4O4. The molecule has 6 rings (SSSR count). The van der Waals surface area contributed by atoms with E-state index in [1.165, 1.54) is 6.07 Å². The lowest BCUT2D eigenvalue weighted by Gasteiger charge is -2.34. The number of alkyl halides is 3. The number of nitrogens with zero attached hydrogens (tertiary/aromatic N) is 4. The number of rotatable bonds is 7. The first-order valence-electron chi connectivity index (χ1n) is 13.5. The van der Waals surface area contributed by atoms with Gasteiger partial charge in [0.05, 0.1) is 6.61 Å². The van der Waals surface area contributed by atoms with Crippen LogP contribution in [0, 0.1) is 12.3 Å². The number of oxazole rings is 1. The Morgan fingerprint density at radius 3 is 2.39 bits per heavy atom. The number of hydrogen-bond acceptors (Lipinski definition) is 7. The molecule has 2 fully saturated rings. The Morgan fingerprint density at radius 2 is 1.73 bits per heavy atom. The van der Waals surface area contributed by atoms with Crippen molar-refractivity contribution in [3.63, 3.8) is 0 Å². The fourth-order valence-electron chi connectivity index (χ4n) is 4.98. The van der Waals surface area contributed by atoms with Gasteiger partial charge in [-0.1, -0.05) is 24.3 Å². The quantitative estimate of drug-likeness (QED) is 0.321. The normalized spacial score (nSPS) is 16.7. The molecule has 11 heteroatoms. The van der Waals surface area contributed by atoms with Crippen molar-refractivity contribution in [1.82, 2.24) is 14.9 Å². The molecule has 0 atom stereocenters. The molecule has 41 heavy (non-hydrogen) atoms. The highest BCUT2D eigenvalue weighted by atomic mass is 19.4. The van der Waals surface area contributed by atoms with E-state index in [9.17, 15) is 23.1 Å². The van der Waals surface area contributed by atoms with Crippen LogP contribution in [0.3, 0.4) is 0 Å². The molecule has 2 aliphatic rings. The maximum absolute atomic E-state index is 13.6. The smallest absolute Gasteiger partial charge is 0.397 e. The van der Waals surface area contributed by atoms with Gasteiger partial charge >= 0.3 is 6.18 Å². The summed E-state index contributed by atoms with van der Waals surface area (Å²) in [5.41, 5.74) is 2.59. The fraction of sp³-hybridized carbons (Fsp3) is 0.367. The number of carbonyl (C=O) groups excluding carboxylic acids is 1. The van der Waals surface area contributed by atoms with E-state index in [4.69, 9.17) is 9.15 Å². The highest BCUT2D eigenvalue weighted by Gasteiger charge is 2.63. The third-order valence-corrected chi connectivity index (χ3v) is 7.81. The molecule has 3 heterocycles. The summed E-state index contributed by atoms with van der Waals surface area (Å²) in [6.07, 6.45) is -4.28. The largest absolute Gasteiger partial charge is 0.493 e. The molecular weight excluding hydrogens is 537 g/mol. The van der Waals surface area contributed by atoms with Crippen molar-refractivity contribution in [3.05, 3.63) is 71.4 Å². The number of aryl methyl sites for hydroxylation is 1. The zero-order valence-electron chi connectivity index (χ0n) is 22.4. The Balaban J connectivity index is 1.21.